The Kier molecular flexibility index (Phi) is 95.9. The van der Waals surface area contributed by atoms with Gasteiger partial charge in [0.1, 0.15) is 0 Å². The Balaban J connectivity index is -0.000000111. The van der Waals surface area contributed by atoms with Crippen molar-refractivity contribution < 1.29 is 258 Å². The summed E-state index contributed by atoms with van der Waals surface area (Å²) in [7, 11) is 0. The van der Waals surface area contributed by atoms with Gasteiger partial charge < -0.3 is 136 Å². The average molecular weight is 2070 g/mol. The van der Waals surface area contributed by atoms with Crippen LogP contribution in [0.5, 0.6) is 0 Å². The number of carboxylic acids is 2. The molecular formula is C68H90Co4N18O22Tb2+2. The van der Waals surface area contributed by atoms with Gasteiger partial charge in [0.2, 0.25) is 0 Å². The van der Waals surface area contributed by atoms with Crippen LogP contribution >= 0.6 is 0 Å². The number of rotatable bonds is 32. The van der Waals surface area contributed by atoms with Crippen molar-refractivity contribution in [3.05, 3.63) is 273 Å². The summed E-state index contributed by atoms with van der Waals surface area (Å²) in [5, 5.41) is 149. The molecule has 0 bridgehead atoms. The van der Waals surface area contributed by atoms with E-state index in [-0.39, 0.29) is 177 Å². The monoisotopic (exact) mass is 2060 g/mol. The number of hydrogen-bond donors (Lipinski definition) is 4. The van der Waals surface area contributed by atoms with Gasteiger partial charge in [-0.05, 0) is 111 Å². The van der Waals surface area contributed by atoms with E-state index in [1.165, 1.54) is 9.82 Å². The molecule has 0 aromatic carbocycles. The Bertz CT molecular complexity index is 2870. The number of pyridine rings is 8. The SMILES string of the molecule is CC(=O)[O-].CC(=O)[O-].[Co+3].[Co+3].[Co+3].[Co+3].[N-]=[N+]=[N-].[N-]=[N+]=[N-].[O-2].[O-2].[O-]CC(C[O-])(CO)N(Cc1ccccn1)Cc1ccccn1.[O-]CC(C[O-])(CO)N(Cc1ccccn1)Cc1ccccn1.[O-]CC(C[O-])(CO)N(Cc1ccccn1)Cc1ccccn1.[O-]CC(C[O-])(CO)N(Cc1ccccn1)Cc1ccccn1.[OH-].[OH-].[OH3+].[OH3+].[Tb+3].[Tb+3]. The maximum atomic E-state index is 11.6. The molecule has 8 aromatic rings. The number of aliphatic carboxylic acids is 2. The number of carbonyl (C=O) groups excluding carboxylic acids is 2. The first kappa shape index (κ1) is 135. The van der Waals surface area contributed by atoms with Crippen molar-refractivity contribution in [1.82, 2.24) is 59.5 Å². The molecule has 8 heterocycles. The fraction of sp³-hybridized carbons (Fsp3) is 0.382. The molecule has 46 heteroatoms. The summed E-state index contributed by atoms with van der Waals surface area (Å²) < 4.78 is 0. The summed E-state index contributed by atoms with van der Waals surface area (Å²) in [5.41, 5.74) is 27.5. The largest absolute Gasteiger partial charge is 3.00 e. The second-order valence-corrected chi connectivity index (χ2v) is 21.8. The van der Waals surface area contributed by atoms with E-state index in [9.17, 15) is 61.3 Å². The van der Waals surface area contributed by atoms with Crippen molar-refractivity contribution in [2.45, 2.75) is 88.4 Å². The van der Waals surface area contributed by atoms with Gasteiger partial charge in [-0.2, -0.15) is 0 Å². The third-order valence-corrected chi connectivity index (χ3v) is 14.6. The van der Waals surface area contributed by atoms with Crippen LogP contribution in [-0.4, -0.2) is 204 Å². The van der Waals surface area contributed by atoms with Crippen molar-refractivity contribution in [2.24, 2.45) is 0 Å². The molecule has 0 amide bonds. The fourth-order valence-electron chi connectivity index (χ4n) is 8.72. The topological polar surface area (TPSA) is 762 Å². The van der Waals surface area contributed by atoms with Crippen molar-refractivity contribution in [1.29, 1.82) is 0 Å². The summed E-state index contributed by atoms with van der Waals surface area (Å²) in [5.74, 6) is -2.17. The molecule has 0 radical (unpaired) electrons. The number of carboxylic acid groups (broad SMARTS) is 2. The van der Waals surface area contributed by atoms with Crippen LogP contribution in [0.25, 0.3) is 31.9 Å². The first-order chi connectivity index (χ1) is 49.2. The molecule has 40 nitrogen and oxygen atoms in total. The van der Waals surface area contributed by atoms with Gasteiger partial charge in [0.05, 0.1) is 72.0 Å². The van der Waals surface area contributed by atoms with Crippen molar-refractivity contribution in [2.75, 3.05) is 79.3 Å². The molecule has 0 aliphatic rings. The quantitative estimate of drug-likeness (QED) is 0.0132. The molecule has 0 atom stereocenters. The number of hydrogen-bond acceptors (Lipinski definition) is 30. The van der Waals surface area contributed by atoms with E-state index in [2.05, 4.69) is 39.9 Å². The second-order valence-electron chi connectivity index (χ2n) is 21.8. The minimum atomic E-state index is -1.35. The molecule has 636 valence electrons. The van der Waals surface area contributed by atoms with Gasteiger partial charge >= 0.3 is 144 Å². The molecule has 0 spiro atoms. The first-order valence-corrected chi connectivity index (χ1v) is 30.8. The molecule has 0 unspecified atom stereocenters. The van der Waals surface area contributed by atoms with Gasteiger partial charge in [-0.25, -0.2) is 0 Å². The molecule has 0 aliphatic heterocycles. The minimum absolute atomic E-state index is 0. The first-order valence-electron chi connectivity index (χ1n) is 30.8. The van der Waals surface area contributed by atoms with Crippen LogP contribution in [0, 0.1) is 77.2 Å². The van der Waals surface area contributed by atoms with Crippen LogP contribution in [0.1, 0.15) is 59.4 Å². The third kappa shape index (κ3) is 52.3. The Morgan fingerprint density at radius 2 is 0.412 bits per heavy atom. The molecule has 0 saturated carbocycles. The van der Waals surface area contributed by atoms with E-state index in [4.69, 9.17) is 41.9 Å². The maximum Gasteiger partial charge on any atom is 3.00 e. The predicted octanol–water partition coefficient (Wildman–Crippen LogP) is -7.48. The van der Waals surface area contributed by atoms with Crippen LogP contribution in [0.2, 0.25) is 0 Å². The van der Waals surface area contributed by atoms with E-state index < -0.39 is 113 Å². The Morgan fingerprint density at radius 1 is 0.316 bits per heavy atom. The van der Waals surface area contributed by atoms with Crippen LogP contribution < -0.4 is 51.1 Å². The molecule has 8 aromatic heterocycles. The Hall–Kier alpha value is -5.52. The van der Waals surface area contributed by atoms with Crippen molar-refractivity contribution in [3.8, 4) is 0 Å². The Morgan fingerprint density at radius 3 is 0.474 bits per heavy atom. The number of aliphatic hydroxyl groups is 4. The van der Waals surface area contributed by atoms with Crippen LogP contribution in [-0.2, 0) is 151 Å². The smallest absolute Gasteiger partial charge is 2.00 e. The fourth-order valence-corrected chi connectivity index (χ4v) is 8.72. The van der Waals surface area contributed by atoms with Crippen LogP contribution in [0.15, 0.2) is 195 Å². The van der Waals surface area contributed by atoms with E-state index in [0.29, 0.717) is 52.4 Å². The summed E-state index contributed by atoms with van der Waals surface area (Å²) >= 11 is 0. The zero-order valence-electron chi connectivity index (χ0n) is 61.2. The van der Waals surface area contributed by atoms with Gasteiger partial charge in [-0.3, -0.25) is 69.3 Å². The van der Waals surface area contributed by atoms with E-state index in [1.807, 2.05) is 97.1 Å². The van der Waals surface area contributed by atoms with Crippen molar-refractivity contribution >= 4 is 11.9 Å². The van der Waals surface area contributed by atoms with E-state index >= 15 is 0 Å². The van der Waals surface area contributed by atoms with E-state index in [0.717, 1.165) is 59.4 Å². The molecule has 0 aliphatic carbocycles. The average Bonchev–Trinajstić information content (AvgIpc) is 0.842. The normalized spacial score (nSPS) is 9.70. The third-order valence-electron chi connectivity index (χ3n) is 14.6. The van der Waals surface area contributed by atoms with Crippen LogP contribution in [0.3, 0.4) is 0 Å². The van der Waals surface area contributed by atoms with Gasteiger partial charge in [-0.15, -0.1) is 52.9 Å². The zero-order chi connectivity index (χ0) is 75.9. The predicted molar refractivity (Wildman–Crippen MR) is 366 cm³/mol. The summed E-state index contributed by atoms with van der Waals surface area (Å²) in [6, 6.07) is 43.7. The number of carbonyl (C=O) groups is 2. The van der Waals surface area contributed by atoms with E-state index in [1.54, 1.807) is 118 Å². The Labute approximate surface area is 762 Å². The van der Waals surface area contributed by atoms with Gasteiger partial charge in [0, 0.05) is 136 Å². The number of nitrogens with zero attached hydrogens (tertiary/aromatic N) is 18. The van der Waals surface area contributed by atoms with Gasteiger partial charge in [-0.1, -0.05) is 48.5 Å². The van der Waals surface area contributed by atoms with Crippen molar-refractivity contribution in [3.63, 3.8) is 0 Å². The number of aliphatic hydroxyl groups excluding tert-OH is 4. The molecule has 0 saturated heterocycles. The standard InChI is InChI=1S/4C16H19N3O3.2C2H4O2.4Co.2N3.4H2O.2O.2Tb/c4*20-11-16(12-21,13-22)19(9-14-5-1-3-7-17-14)10-15-6-2-4-8-18-15;2*1-2(3)4;;;;;2*1-3-2;;;;;;;;/h4*1-8,20H,9-13H2;2*1H3,(H,3,4);;;;;;;4*1H2;;;;/q4*-2;;;4*+3;2*-1;;;;;2*-2;2*+3/p-2. The van der Waals surface area contributed by atoms with Crippen LogP contribution in [0.4, 0.5) is 0 Å². The molecular weight excluding hydrogens is 1970 g/mol. The molecule has 12 N–H and O–H groups in total. The summed E-state index contributed by atoms with van der Waals surface area (Å²) in [6.07, 6.45) is 13.2. The minimum Gasteiger partial charge on any atom is -2.00 e. The molecule has 0 fully saturated rings. The summed E-state index contributed by atoms with van der Waals surface area (Å²) in [4.78, 5) is 61.3. The maximum absolute atomic E-state index is 11.6. The van der Waals surface area contributed by atoms with Gasteiger partial charge in [0.15, 0.2) is 0 Å². The zero-order valence-corrected chi connectivity index (χ0v) is 69.7. The second kappa shape index (κ2) is 81.2. The van der Waals surface area contributed by atoms with Gasteiger partial charge in [0.25, 0.3) is 0 Å². The number of aromatic nitrogens is 8. The summed E-state index contributed by atoms with van der Waals surface area (Å²) in [6.45, 7) is -2.93. The molecule has 114 heavy (non-hydrogen) atoms. The molecule has 8 rings (SSSR count).